The van der Waals surface area contributed by atoms with E-state index in [0.29, 0.717) is 12.2 Å². The zero-order valence-corrected chi connectivity index (χ0v) is 16.5. The molecule has 2 heterocycles. The van der Waals surface area contributed by atoms with Crippen LogP contribution in [-0.4, -0.2) is 40.2 Å². The number of hydrogen-bond acceptors (Lipinski definition) is 5. The lowest BCUT2D eigenvalue weighted by molar-refractivity contribution is -0.133. The average Bonchev–Trinajstić information content (AvgIpc) is 3.27. The Bertz CT molecular complexity index is 939. The monoisotopic (exact) mass is 403 g/mol. The van der Waals surface area contributed by atoms with E-state index in [0.717, 1.165) is 11.3 Å². The van der Waals surface area contributed by atoms with Gasteiger partial charge in [-0.05, 0) is 41.4 Å². The minimum absolute atomic E-state index is 0.155. The van der Waals surface area contributed by atoms with Crippen LogP contribution in [0.15, 0.2) is 47.2 Å². The summed E-state index contributed by atoms with van der Waals surface area (Å²) in [6, 6.07) is 11.2. The molecule has 0 fully saturated rings. The molecule has 0 radical (unpaired) electrons. The molecule has 0 unspecified atom stereocenters. The molecule has 2 aromatic heterocycles. The van der Waals surface area contributed by atoms with Gasteiger partial charge in [0.25, 0.3) is 5.91 Å². The van der Waals surface area contributed by atoms with E-state index in [2.05, 4.69) is 5.10 Å². The van der Waals surface area contributed by atoms with Crippen molar-refractivity contribution >= 4 is 34.8 Å². The first-order chi connectivity index (χ1) is 13.0. The van der Waals surface area contributed by atoms with E-state index in [1.54, 1.807) is 25.3 Å². The third-order valence-corrected chi connectivity index (χ3v) is 5.04. The van der Waals surface area contributed by atoms with Crippen LogP contribution in [0.5, 0.6) is 0 Å². The van der Waals surface area contributed by atoms with Crippen LogP contribution in [-0.2, 0) is 16.1 Å². The van der Waals surface area contributed by atoms with Crippen molar-refractivity contribution < 1.29 is 14.3 Å². The number of likely N-dealkylation sites (N-methyl/N-ethyl adjacent to an activating group) is 1. The number of rotatable bonds is 6. The van der Waals surface area contributed by atoms with Gasteiger partial charge in [-0.3, -0.25) is 4.79 Å². The van der Waals surface area contributed by atoms with E-state index >= 15 is 0 Å². The predicted molar refractivity (Wildman–Crippen MR) is 104 cm³/mol. The summed E-state index contributed by atoms with van der Waals surface area (Å²) in [5.74, 6) is -0.962. The lowest BCUT2D eigenvalue weighted by atomic mass is 10.2. The molecule has 0 atom stereocenters. The quantitative estimate of drug-likeness (QED) is 0.588. The molecule has 1 amide bonds. The number of carbonyl (C=O) groups is 2. The highest BCUT2D eigenvalue weighted by Crippen LogP contribution is 2.24. The summed E-state index contributed by atoms with van der Waals surface area (Å²) in [6.45, 7) is 1.78. The topological polar surface area (TPSA) is 64.4 Å². The number of nitrogens with zero attached hydrogens (tertiary/aromatic N) is 3. The summed E-state index contributed by atoms with van der Waals surface area (Å²) < 4.78 is 6.65. The number of benzene rings is 1. The van der Waals surface area contributed by atoms with Gasteiger partial charge in [-0.15, -0.1) is 0 Å². The lowest BCUT2D eigenvalue weighted by Crippen LogP contribution is -2.30. The highest BCUT2D eigenvalue weighted by molar-refractivity contribution is 7.07. The molecule has 140 valence electrons. The van der Waals surface area contributed by atoms with Gasteiger partial charge in [0.1, 0.15) is 10.7 Å². The van der Waals surface area contributed by atoms with E-state index in [9.17, 15) is 9.59 Å². The summed E-state index contributed by atoms with van der Waals surface area (Å²) in [7, 11) is 1.67. The summed E-state index contributed by atoms with van der Waals surface area (Å²) in [5, 5.41) is 8.38. The number of amides is 1. The normalized spacial score (nSPS) is 10.6. The molecule has 0 aliphatic carbocycles. The van der Waals surface area contributed by atoms with Gasteiger partial charge in [0.15, 0.2) is 6.61 Å². The second kappa shape index (κ2) is 8.37. The third kappa shape index (κ3) is 4.37. The molecule has 0 aliphatic rings. The summed E-state index contributed by atoms with van der Waals surface area (Å²) in [6.07, 6.45) is 0. The summed E-state index contributed by atoms with van der Waals surface area (Å²) >= 11 is 7.90. The van der Waals surface area contributed by atoms with E-state index in [1.165, 1.54) is 9.58 Å². The minimum atomic E-state index is -0.669. The van der Waals surface area contributed by atoms with Gasteiger partial charge in [0.05, 0.1) is 11.4 Å². The van der Waals surface area contributed by atoms with Crippen LogP contribution < -0.4 is 0 Å². The number of aryl methyl sites for hydroxylation is 1. The second-order valence-electron chi connectivity index (χ2n) is 5.96. The van der Waals surface area contributed by atoms with Crippen molar-refractivity contribution in [1.82, 2.24) is 14.7 Å². The molecule has 0 bridgehead atoms. The van der Waals surface area contributed by atoms with Crippen LogP contribution >= 0.6 is 22.9 Å². The van der Waals surface area contributed by atoms with Crippen LogP contribution in [0.1, 0.15) is 21.6 Å². The van der Waals surface area contributed by atoms with Crippen LogP contribution in [0.3, 0.4) is 0 Å². The Balaban J connectivity index is 1.66. The molecule has 27 heavy (non-hydrogen) atoms. The van der Waals surface area contributed by atoms with E-state index in [-0.39, 0.29) is 23.2 Å². The Morgan fingerprint density at radius 1 is 1.26 bits per heavy atom. The van der Waals surface area contributed by atoms with Crippen molar-refractivity contribution in [1.29, 1.82) is 0 Å². The number of halogens is 1. The smallest absolute Gasteiger partial charge is 0.343 e. The maximum atomic E-state index is 12.4. The van der Waals surface area contributed by atoms with E-state index < -0.39 is 5.97 Å². The van der Waals surface area contributed by atoms with Crippen molar-refractivity contribution in [3.8, 4) is 5.69 Å². The molecule has 0 saturated heterocycles. The first-order valence-electron chi connectivity index (χ1n) is 8.20. The highest BCUT2D eigenvalue weighted by Gasteiger charge is 2.23. The molecule has 0 aliphatic heterocycles. The fourth-order valence-corrected chi connectivity index (χ4v) is 3.53. The third-order valence-electron chi connectivity index (χ3n) is 3.96. The van der Waals surface area contributed by atoms with Gasteiger partial charge in [-0.25, -0.2) is 9.48 Å². The Labute approximate surface area is 165 Å². The number of carbonyl (C=O) groups excluding carboxylic acids is 2. The maximum absolute atomic E-state index is 12.4. The lowest BCUT2D eigenvalue weighted by Gasteiger charge is -2.16. The fraction of sp³-hybridized carbons (Fsp3) is 0.211. The number of ether oxygens (including phenoxy) is 1. The molecular weight excluding hydrogens is 386 g/mol. The maximum Gasteiger partial charge on any atom is 0.343 e. The van der Waals surface area contributed by atoms with Gasteiger partial charge >= 0.3 is 5.97 Å². The molecule has 0 N–H and O–H groups in total. The zero-order valence-electron chi connectivity index (χ0n) is 14.9. The van der Waals surface area contributed by atoms with Crippen LogP contribution in [0.4, 0.5) is 0 Å². The van der Waals surface area contributed by atoms with Crippen LogP contribution in [0.2, 0.25) is 5.15 Å². The van der Waals surface area contributed by atoms with Crippen LogP contribution in [0.25, 0.3) is 5.69 Å². The molecule has 1 aromatic carbocycles. The van der Waals surface area contributed by atoms with E-state index in [1.807, 2.05) is 47.2 Å². The van der Waals surface area contributed by atoms with Gasteiger partial charge in [0, 0.05) is 13.6 Å². The Morgan fingerprint density at radius 2 is 2.00 bits per heavy atom. The largest absolute Gasteiger partial charge is 0.452 e. The minimum Gasteiger partial charge on any atom is -0.452 e. The Morgan fingerprint density at radius 3 is 2.67 bits per heavy atom. The number of para-hydroxylation sites is 1. The Hall–Kier alpha value is -2.64. The summed E-state index contributed by atoms with van der Waals surface area (Å²) in [5.41, 5.74) is 2.36. The molecule has 0 saturated carbocycles. The molecule has 3 rings (SSSR count). The SMILES string of the molecule is Cc1nn(-c2ccccc2)c(Cl)c1C(=O)OCC(=O)N(C)Cc1ccsc1. The molecule has 8 heteroatoms. The van der Waals surface area contributed by atoms with Gasteiger partial charge in [-0.2, -0.15) is 16.4 Å². The average molecular weight is 404 g/mol. The fourth-order valence-electron chi connectivity index (χ4n) is 2.53. The van der Waals surface area contributed by atoms with Crippen LogP contribution in [0, 0.1) is 6.92 Å². The van der Waals surface area contributed by atoms with Crippen molar-refractivity contribution in [2.24, 2.45) is 0 Å². The molecule has 0 spiro atoms. The van der Waals surface area contributed by atoms with Gasteiger partial charge in [-0.1, -0.05) is 29.8 Å². The van der Waals surface area contributed by atoms with Crippen molar-refractivity contribution in [2.75, 3.05) is 13.7 Å². The molecule has 6 nitrogen and oxygen atoms in total. The van der Waals surface area contributed by atoms with Crippen molar-refractivity contribution in [3.05, 3.63) is 69.1 Å². The number of esters is 1. The second-order valence-corrected chi connectivity index (χ2v) is 7.09. The number of thiophene rings is 1. The Kier molecular flexibility index (Phi) is 5.93. The zero-order chi connectivity index (χ0) is 19.4. The van der Waals surface area contributed by atoms with Crippen molar-refractivity contribution in [3.63, 3.8) is 0 Å². The predicted octanol–water partition coefficient (Wildman–Crippen LogP) is 3.71. The van der Waals surface area contributed by atoms with Crippen molar-refractivity contribution in [2.45, 2.75) is 13.5 Å². The molecule has 3 aromatic rings. The first kappa shape index (κ1) is 19.1. The molecular formula is C19H18ClN3O3S. The highest BCUT2D eigenvalue weighted by atomic mass is 35.5. The standard InChI is InChI=1S/C19H18ClN3O3S/c1-13-17(18(20)23(21-13)15-6-4-3-5-7-15)19(25)26-11-16(24)22(2)10-14-8-9-27-12-14/h3-9,12H,10-11H2,1-2H3. The van der Waals surface area contributed by atoms with Gasteiger partial charge in [0.2, 0.25) is 0 Å². The van der Waals surface area contributed by atoms with Gasteiger partial charge < -0.3 is 9.64 Å². The summed E-state index contributed by atoms with van der Waals surface area (Å²) in [4.78, 5) is 26.2. The first-order valence-corrected chi connectivity index (χ1v) is 9.52. The number of hydrogen-bond donors (Lipinski definition) is 0. The van der Waals surface area contributed by atoms with E-state index in [4.69, 9.17) is 16.3 Å². The number of aromatic nitrogens is 2.